The fourth-order valence-electron chi connectivity index (χ4n) is 10.4. The highest BCUT2D eigenvalue weighted by Crippen LogP contribution is 2.66. The highest BCUT2D eigenvalue weighted by molar-refractivity contribution is 6.23. The van der Waals surface area contributed by atoms with E-state index >= 15 is 14.4 Å². The lowest BCUT2D eigenvalue weighted by Gasteiger charge is -2.46. The Bertz CT molecular complexity index is 3070. The number of cyclic esters (lactones) is 1. The standard InChI is InChI=1S/C55H51N5O13/c1-68-28-29-72-54(67)59-42-25-24-33(14-12-21-38(50(63)69-2)51(64)70-3)30-39(42)55(53(59)66)44(49(62)56-32-43-57-40-22-10-11-23-41(40)58-43)46-52(65)73-47(35-17-8-5-9-18-35)45(34-15-6-4-7-16-34)60(46)48(55)36-19-13-20-37(31-36)71-27-26-61/h4-11,13,15-20,22-25,30-31,38,44-48,61H,21,26-29,32H2,1-3H3,(H,56,62)(H,57,58). The Kier molecular flexibility index (Phi) is 14.6. The summed E-state index contributed by atoms with van der Waals surface area (Å²) in [5.74, 6) is -0.660. The number of fused-ring (bicyclic) bond motifs is 4. The van der Waals surface area contributed by atoms with E-state index < -0.39 is 77.3 Å². The molecule has 0 bridgehead atoms. The average Bonchev–Trinajstić information content (AvgIpc) is 4.08. The number of aliphatic hydroxyl groups excluding tert-OH is 1. The van der Waals surface area contributed by atoms with Gasteiger partial charge in [0.15, 0.2) is 5.92 Å². The number of nitrogens with one attached hydrogen (secondary N) is 2. The topological polar surface area (TPSA) is 225 Å². The maximum atomic E-state index is 16.5. The van der Waals surface area contributed by atoms with Crippen LogP contribution in [0.4, 0.5) is 10.5 Å². The Hall–Kier alpha value is -8.37. The molecule has 3 N–H and O–H groups in total. The van der Waals surface area contributed by atoms with Gasteiger partial charge in [-0.15, -0.1) is 0 Å². The molecule has 0 radical (unpaired) electrons. The van der Waals surface area contributed by atoms with E-state index in [9.17, 15) is 19.5 Å². The quantitative estimate of drug-likeness (QED) is 0.0385. The smallest absolute Gasteiger partial charge is 0.421 e. The van der Waals surface area contributed by atoms with Crippen LogP contribution < -0.4 is 15.0 Å². The molecule has 6 aromatic rings. The first-order valence-corrected chi connectivity index (χ1v) is 23.5. The van der Waals surface area contributed by atoms with Gasteiger partial charge in [-0.05, 0) is 64.7 Å². The molecule has 1 aromatic heterocycles. The second-order valence-corrected chi connectivity index (χ2v) is 17.4. The molecule has 374 valence electrons. The molecular formula is C55H51N5O13. The first-order valence-electron chi connectivity index (χ1n) is 23.5. The summed E-state index contributed by atoms with van der Waals surface area (Å²) < 4.78 is 33.1. The normalized spacial score (nSPS) is 20.9. The van der Waals surface area contributed by atoms with Crippen molar-refractivity contribution in [2.75, 3.05) is 52.7 Å². The SMILES string of the molecule is COCCOC(=O)N1C(=O)C2(c3cc(C#CCC(C(=O)OC)C(=O)OC)ccc31)C(C(=O)NCc1nc3ccccc3[nH]1)C1C(=O)OC(c3ccccc3)C(c3ccccc3)N1C2c1cccc(OCCO)c1. The van der Waals surface area contributed by atoms with Gasteiger partial charge in [-0.3, -0.25) is 28.9 Å². The van der Waals surface area contributed by atoms with E-state index in [4.69, 9.17) is 28.4 Å². The number of esters is 3. The van der Waals surface area contributed by atoms with Gasteiger partial charge in [-0.25, -0.2) is 14.7 Å². The van der Waals surface area contributed by atoms with Crippen LogP contribution in [0.15, 0.2) is 127 Å². The number of imidazole rings is 1. The van der Waals surface area contributed by atoms with Gasteiger partial charge in [-0.2, -0.15) is 0 Å². The Morgan fingerprint density at radius 2 is 1.51 bits per heavy atom. The number of H-pyrrole nitrogens is 1. The summed E-state index contributed by atoms with van der Waals surface area (Å²) in [6.45, 7) is -0.795. The van der Waals surface area contributed by atoms with Crippen molar-refractivity contribution >= 4 is 52.5 Å². The van der Waals surface area contributed by atoms with Crippen molar-refractivity contribution in [2.24, 2.45) is 11.8 Å². The minimum absolute atomic E-state index is 0.00413. The van der Waals surface area contributed by atoms with Gasteiger partial charge in [0.1, 0.15) is 42.3 Å². The van der Waals surface area contributed by atoms with Crippen LogP contribution in [0.25, 0.3) is 11.0 Å². The Morgan fingerprint density at radius 1 is 0.808 bits per heavy atom. The number of morpholine rings is 1. The molecule has 0 aliphatic carbocycles. The molecule has 6 unspecified atom stereocenters. The molecule has 3 amide bonds. The van der Waals surface area contributed by atoms with E-state index in [1.165, 1.54) is 13.2 Å². The van der Waals surface area contributed by atoms with Crippen molar-refractivity contribution in [2.45, 2.75) is 42.6 Å². The highest BCUT2D eigenvalue weighted by Gasteiger charge is 2.76. The molecule has 18 nitrogen and oxygen atoms in total. The molecule has 9 rings (SSSR count). The van der Waals surface area contributed by atoms with Crippen molar-refractivity contribution in [3.05, 3.63) is 161 Å². The van der Waals surface area contributed by atoms with Crippen molar-refractivity contribution in [3.63, 3.8) is 0 Å². The molecule has 3 aliphatic rings. The molecule has 6 atom stereocenters. The van der Waals surface area contributed by atoms with Crippen molar-refractivity contribution in [1.29, 1.82) is 0 Å². The molecule has 18 heteroatoms. The van der Waals surface area contributed by atoms with E-state index in [2.05, 4.69) is 27.1 Å². The predicted octanol–water partition coefficient (Wildman–Crippen LogP) is 5.40. The molecule has 73 heavy (non-hydrogen) atoms. The number of aromatic nitrogens is 2. The first kappa shape index (κ1) is 49.6. The molecule has 2 saturated heterocycles. The monoisotopic (exact) mass is 989 g/mol. The number of amides is 3. The number of rotatable bonds is 15. The maximum absolute atomic E-state index is 16.5. The largest absolute Gasteiger partial charge is 0.491 e. The number of nitrogens with zero attached hydrogens (tertiary/aromatic N) is 3. The number of ether oxygens (including phenoxy) is 6. The number of carbonyl (C=O) groups excluding carboxylic acids is 6. The number of aromatic amines is 1. The summed E-state index contributed by atoms with van der Waals surface area (Å²) >= 11 is 0. The molecule has 3 aliphatic heterocycles. The second-order valence-electron chi connectivity index (χ2n) is 17.4. The number of imide groups is 1. The number of anilines is 1. The predicted molar refractivity (Wildman–Crippen MR) is 261 cm³/mol. The van der Waals surface area contributed by atoms with E-state index in [0.29, 0.717) is 39.3 Å². The molecule has 4 heterocycles. The molecule has 0 saturated carbocycles. The van der Waals surface area contributed by atoms with Crippen LogP contribution >= 0.6 is 0 Å². The van der Waals surface area contributed by atoms with Crippen LogP contribution in [0, 0.1) is 23.7 Å². The average molecular weight is 990 g/mol. The second kappa shape index (κ2) is 21.5. The van der Waals surface area contributed by atoms with Gasteiger partial charge in [0.2, 0.25) is 11.8 Å². The first-order chi connectivity index (χ1) is 35.5. The van der Waals surface area contributed by atoms with Crippen molar-refractivity contribution < 1.29 is 62.3 Å². The van der Waals surface area contributed by atoms with E-state index in [0.717, 1.165) is 19.1 Å². The lowest BCUT2D eigenvalue weighted by atomic mass is 9.65. The molecular weight excluding hydrogens is 939 g/mol. The van der Waals surface area contributed by atoms with E-state index in [1.807, 2.05) is 89.8 Å². The van der Waals surface area contributed by atoms with Crippen LogP contribution in [0.3, 0.4) is 0 Å². The Balaban J connectivity index is 1.32. The van der Waals surface area contributed by atoms with Gasteiger partial charge in [0.05, 0.1) is 68.7 Å². The fourth-order valence-corrected chi connectivity index (χ4v) is 10.4. The maximum Gasteiger partial charge on any atom is 0.421 e. The number of hydrogen-bond acceptors (Lipinski definition) is 15. The summed E-state index contributed by atoms with van der Waals surface area (Å²) in [7, 11) is 3.70. The summed E-state index contributed by atoms with van der Waals surface area (Å²) in [5, 5.41) is 12.8. The zero-order valence-corrected chi connectivity index (χ0v) is 40.0. The lowest BCUT2D eigenvalue weighted by Crippen LogP contribution is -2.55. The third kappa shape index (κ3) is 9.25. The van der Waals surface area contributed by atoms with E-state index in [1.54, 1.807) is 36.4 Å². The number of hydrogen-bond donors (Lipinski definition) is 3. The third-order valence-electron chi connectivity index (χ3n) is 13.3. The van der Waals surface area contributed by atoms with Crippen LogP contribution in [0.5, 0.6) is 5.75 Å². The lowest BCUT2D eigenvalue weighted by molar-refractivity contribution is -0.178. The van der Waals surface area contributed by atoms with Crippen LogP contribution in [0.1, 0.15) is 58.3 Å². The summed E-state index contributed by atoms with van der Waals surface area (Å²) in [4.78, 5) is 98.4. The van der Waals surface area contributed by atoms with Crippen LogP contribution in [-0.4, -0.2) is 110 Å². The third-order valence-corrected chi connectivity index (χ3v) is 13.3. The highest BCUT2D eigenvalue weighted by atomic mass is 16.6. The summed E-state index contributed by atoms with van der Waals surface area (Å²) in [6.07, 6.45) is -2.39. The number of carbonyl (C=O) groups is 6. The minimum atomic E-state index is -2.20. The number of aliphatic hydroxyl groups is 1. The number of para-hydroxylation sites is 2. The van der Waals surface area contributed by atoms with Gasteiger partial charge in [-0.1, -0.05) is 96.8 Å². The van der Waals surface area contributed by atoms with Gasteiger partial charge in [0, 0.05) is 19.1 Å². The zero-order valence-electron chi connectivity index (χ0n) is 40.0. The zero-order chi connectivity index (χ0) is 51.2. The molecule has 1 spiro atoms. The van der Waals surface area contributed by atoms with Crippen LogP contribution in [-0.2, 0) is 59.6 Å². The fraction of sp³-hybridized carbons (Fsp3) is 0.291. The molecule has 5 aromatic carbocycles. The molecule has 2 fully saturated rings. The van der Waals surface area contributed by atoms with Gasteiger partial charge < -0.3 is 43.8 Å². The van der Waals surface area contributed by atoms with Crippen molar-refractivity contribution in [3.8, 4) is 17.6 Å². The Labute approximate surface area is 419 Å². The van der Waals surface area contributed by atoms with Gasteiger partial charge >= 0.3 is 24.0 Å². The summed E-state index contributed by atoms with van der Waals surface area (Å²) in [5.41, 5.74) is 1.29. The number of benzene rings is 5. The Morgan fingerprint density at radius 3 is 2.21 bits per heavy atom. The minimum Gasteiger partial charge on any atom is -0.491 e. The summed E-state index contributed by atoms with van der Waals surface area (Å²) in [6, 6.07) is 33.5. The van der Waals surface area contributed by atoms with Crippen LogP contribution in [0.2, 0.25) is 0 Å². The van der Waals surface area contributed by atoms with Crippen molar-refractivity contribution in [1.82, 2.24) is 20.2 Å². The van der Waals surface area contributed by atoms with Gasteiger partial charge in [0.25, 0.3) is 0 Å². The van der Waals surface area contributed by atoms with E-state index in [-0.39, 0.29) is 56.2 Å². The number of methoxy groups -OCH3 is 3.